The fraction of sp³-hybridized carbons (Fsp3) is 0.167. The molecule has 0 fully saturated rings. The molecule has 0 aliphatic carbocycles. The summed E-state index contributed by atoms with van der Waals surface area (Å²) in [5, 5.41) is 0. The number of aromatic nitrogens is 2. The predicted molar refractivity (Wildman–Crippen MR) is 61.4 cm³/mol. The van der Waals surface area contributed by atoms with Gasteiger partial charge in [0.25, 0.3) is 0 Å². The molecule has 1 heterocycles. The van der Waals surface area contributed by atoms with Gasteiger partial charge in [-0.25, -0.2) is 9.97 Å². The van der Waals surface area contributed by atoms with Crippen LogP contribution in [-0.4, -0.2) is 9.97 Å². The number of hydrogen-bond donors (Lipinski definition) is 1. The lowest BCUT2D eigenvalue weighted by molar-refractivity contribution is 1.16. The van der Waals surface area contributed by atoms with Crippen LogP contribution in [0.1, 0.15) is 11.1 Å². The maximum Gasteiger partial charge on any atom is 0.159 e. The molecule has 0 bridgehead atoms. The van der Waals surface area contributed by atoms with Gasteiger partial charge in [0, 0.05) is 5.56 Å². The van der Waals surface area contributed by atoms with Crippen LogP contribution in [0.5, 0.6) is 0 Å². The van der Waals surface area contributed by atoms with Gasteiger partial charge in [-0.15, -0.1) is 0 Å². The number of aryl methyl sites for hydroxylation is 2. The highest BCUT2D eigenvalue weighted by molar-refractivity contribution is 5.64. The second-order valence-corrected chi connectivity index (χ2v) is 3.61. The average molecular weight is 199 g/mol. The van der Waals surface area contributed by atoms with Crippen LogP contribution in [-0.2, 0) is 0 Å². The van der Waals surface area contributed by atoms with Gasteiger partial charge in [0.15, 0.2) is 5.82 Å². The molecule has 0 unspecified atom stereocenters. The number of benzene rings is 1. The Morgan fingerprint density at radius 3 is 2.07 bits per heavy atom. The summed E-state index contributed by atoms with van der Waals surface area (Å²) >= 11 is 0. The minimum absolute atomic E-state index is 0.588. The van der Waals surface area contributed by atoms with E-state index in [0.29, 0.717) is 5.69 Å². The highest BCUT2D eigenvalue weighted by Gasteiger charge is 2.07. The van der Waals surface area contributed by atoms with E-state index in [4.69, 9.17) is 5.73 Å². The van der Waals surface area contributed by atoms with Crippen LogP contribution in [0.25, 0.3) is 11.4 Å². The van der Waals surface area contributed by atoms with E-state index in [1.807, 2.05) is 6.07 Å². The Labute approximate surface area is 89.0 Å². The molecule has 0 aliphatic heterocycles. The number of rotatable bonds is 1. The molecule has 0 aliphatic rings. The fourth-order valence-corrected chi connectivity index (χ4v) is 1.63. The average Bonchev–Trinajstić information content (AvgIpc) is 2.20. The van der Waals surface area contributed by atoms with Crippen molar-refractivity contribution < 1.29 is 0 Å². The molecule has 1 aromatic carbocycles. The Balaban J connectivity index is 2.58. The Kier molecular flexibility index (Phi) is 2.37. The number of hydrogen-bond acceptors (Lipinski definition) is 3. The van der Waals surface area contributed by atoms with Crippen LogP contribution >= 0.6 is 0 Å². The van der Waals surface area contributed by atoms with Gasteiger partial charge in [-0.2, -0.15) is 0 Å². The van der Waals surface area contributed by atoms with Crippen molar-refractivity contribution in [3.63, 3.8) is 0 Å². The summed E-state index contributed by atoms with van der Waals surface area (Å²) in [7, 11) is 0. The molecule has 0 atom stereocenters. The van der Waals surface area contributed by atoms with Crippen LogP contribution in [0.4, 0.5) is 5.69 Å². The van der Waals surface area contributed by atoms with Crippen molar-refractivity contribution in [1.82, 2.24) is 9.97 Å². The minimum Gasteiger partial charge on any atom is -0.396 e. The van der Waals surface area contributed by atoms with Crippen molar-refractivity contribution in [2.24, 2.45) is 0 Å². The Morgan fingerprint density at radius 1 is 1.00 bits per heavy atom. The van der Waals surface area contributed by atoms with E-state index >= 15 is 0 Å². The van der Waals surface area contributed by atoms with E-state index in [1.54, 1.807) is 12.4 Å². The number of nitrogens with two attached hydrogens (primary N) is 1. The van der Waals surface area contributed by atoms with Crippen molar-refractivity contribution in [2.75, 3.05) is 5.73 Å². The van der Waals surface area contributed by atoms with Crippen molar-refractivity contribution >= 4 is 5.69 Å². The first-order valence-corrected chi connectivity index (χ1v) is 4.82. The van der Waals surface area contributed by atoms with E-state index in [9.17, 15) is 0 Å². The van der Waals surface area contributed by atoms with Gasteiger partial charge in [0.1, 0.15) is 0 Å². The summed E-state index contributed by atoms with van der Waals surface area (Å²) < 4.78 is 0. The molecule has 0 radical (unpaired) electrons. The summed E-state index contributed by atoms with van der Waals surface area (Å²) in [6.07, 6.45) is 3.27. The summed E-state index contributed by atoms with van der Waals surface area (Å²) in [4.78, 5) is 8.47. The SMILES string of the molecule is Cc1cccc(C)c1-c1ncc(N)cn1. The van der Waals surface area contributed by atoms with Crippen LogP contribution < -0.4 is 5.73 Å². The first-order valence-electron chi connectivity index (χ1n) is 4.82. The second kappa shape index (κ2) is 3.69. The van der Waals surface area contributed by atoms with E-state index in [-0.39, 0.29) is 0 Å². The second-order valence-electron chi connectivity index (χ2n) is 3.61. The molecular weight excluding hydrogens is 186 g/mol. The molecule has 0 amide bonds. The summed E-state index contributed by atoms with van der Waals surface area (Å²) in [6.45, 7) is 4.12. The quantitative estimate of drug-likeness (QED) is 0.767. The lowest BCUT2D eigenvalue weighted by atomic mass is 10.0. The first kappa shape index (κ1) is 9.65. The van der Waals surface area contributed by atoms with Crippen LogP contribution in [0.3, 0.4) is 0 Å². The zero-order valence-electron chi connectivity index (χ0n) is 8.86. The lowest BCUT2D eigenvalue weighted by Crippen LogP contribution is -1.95. The van der Waals surface area contributed by atoms with Gasteiger partial charge in [0.2, 0.25) is 0 Å². The van der Waals surface area contributed by atoms with Crippen molar-refractivity contribution in [3.05, 3.63) is 41.7 Å². The molecule has 2 rings (SSSR count). The number of anilines is 1. The smallest absolute Gasteiger partial charge is 0.159 e. The molecule has 2 N–H and O–H groups in total. The van der Waals surface area contributed by atoms with E-state index in [2.05, 4.69) is 35.9 Å². The van der Waals surface area contributed by atoms with Gasteiger partial charge in [-0.3, -0.25) is 0 Å². The van der Waals surface area contributed by atoms with E-state index in [1.165, 1.54) is 11.1 Å². The van der Waals surface area contributed by atoms with E-state index in [0.717, 1.165) is 11.4 Å². The molecule has 3 heteroatoms. The topological polar surface area (TPSA) is 51.8 Å². The third-order valence-corrected chi connectivity index (χ3v) is 2.38. The summed E-state index contributed by atoms with van der Waals surface area (Å²) in [6, 6.07) is 6.15. The maximum atomic E-state index is 5.56. The normalized spacial score (nSPS) is 10.3. The lowest BCUT2D eigenvalue weighted by Gasteiger charge is -2.07. The highest BCUT2D eigenvalue weighted by atomic mass is 14.9. The zero-order valence-corrected chi connectivity index (χ0v) is 8.86. The van der Waals surface area contributed by atoms with Crippen LogP contribution in [0.15, 0.2) is 30.6 Å². The molecular formula is C12H13N3. The van der Waals surface area contributed by atoms with Gasteiger partial charge in [-0.05, 0) is 25.0 Å². The van der Waals surface area contributed by atoms with Crippen LogP contribution in [0, 0.1) is 13.8 Å². The molecule has 1 aromatic heterocycles. The van der Waals surface area contributed by atoms with Crippen molar-refractivity contribution in [3.8, 4) is 11.4 Å². The van der Waals surface area contributed by atoms with Crippen LogP contribution in [0.2, 0.25) is 0 Å². The summed E-state index contributed by atoms with van der Waals surface area (Å²) in [5.74, 6) is 0.736. The third-order valence-electron chi connectivity index (χ3n) is 2.38. The van der Waals surface area contributed by atoms with Crippen molar-refractivity contribution in [1.29, 1.82) is 0 Å². The molecule has 0 saturated carbocycles. The van der Waals surface area contributed by atoms with Gasteiger partial charge < -0.3 is 5.73 Å². The predicted octanol–water partition coefficient (Wildman–Crippen LogP) is 2.34. The first-order chi connectivity index (χ1) is 7.18. The number of nitrogens with zero attached hydrogens (tertiary/aromatic N) is 2. The highest BCUT2D eigenvalue weighted by Crippen LogP contribution is 2.23. The summed E-state index contributed by atoms with van der Waals surface area (Å²) in [5.41, 5.74) is 9.60. The maximum absolute atomic E-state index is 5.56. The Bertz CT molecular complexity index is 454. The standard InChI is InChI=1S/C12H13N3/c1-8-4-3-5-9(2)11(8)12-14-6-10(13)7-15-12/h3-7H,13H2,1-2H3. The Hall–Kier alpha value is -1.90. The fourth-order valence-electron chi connectivity index (χ4n) is 1.63. The van der Waals surface area contributed by atoms with Crippen molar-refractivity contribution in [2.45, 2.75) is 13.8 Å². The van der Waals surface area contributed by atoms with Gasteiger partial charge in [0.05, 0.1) is 18.1 Å². The molecule has 15 heavy (non-hydrogen) atoms. The zero-order chi connectivity index (χ0) is 10.8. The minimum atomic E-state index is 0.588. The molecule has 0 spiro atoms. The molecule has 76 valence electrons. The largest absolute Gasteiger partial charge is 0.396 e. The number of nitrogen functional groups attached to an aromatic ring is 1. The van der Waals surface area contributed by atoms with E-state index < -0.39 is 0 Å². The third kappa shape index (κ3) is 1.81. The molecule has 2 aromatic rings. The van der Waals surface area contributed by atoms with Gasteiger partial charge in [-0.1, -0.05) is 18.2 Å². The van der Waals surface area contributed by atoms with Gasteiger partial charge >= 0.3 is 0 Å². The monoisotopic (exact) mass is 199 g/mol. The molecule has 0 saturated heterocycles. The Morgan fingerprint density at radius 2 is 1.53 bits per heavy atom. The molecule has 3 nitrogen and oxygen atoms in total.